The van der Waals surface area contributed by atoms with Gasteiger partial charge in [-0.1, -0.05) is 27.2 Å². The van der Waals surface area contributed by atoms with Crippen LogP contribution < -0.4 is 10.6 Å². The Kier molecular flexibility index (Phi) is 9.00. The largest absolute Gasteiger partial charge is 0.356 e. The maximum atomic E-state index is 11.6. The van der Waals surface area contributed by atoms with Crippen molar-refractivity contribution in [1.82, 2.24) is 15.5 Å². The molecule has 19 heavy (non-hydrogen) atoms. The van der Waals surface area contributed by atoms with Crippen LogP contribution in [0.4, 0.5) is 0 Å². The van der Waals surface area contributed by atoms with Crippen LogP contribution in [0.15, 0.2) is 4.99 Å². The van der Waals surface area contributed by atoms with Gasteiger partial charge in [0.1, 0.15) is 6.54 Å². The third-order valence-corrected chi connectivity index (χ3v) is 3.06. The van der Waals surface area contributed by atoms with Crippen molar-refractivity contribution in [3.05, 3.63) is 0 Å². The highest BCUT2D eigenvalue weighted by atomic mass is 16.2. The number of guanidine groups is 1. The molecule has 0 aliphatic heterocycles. The van der Waals surface area contributed by atoms with E-state index in [1.165, 1.54) is 0 Å². The molecule has 0 spiro atoms. The van der Waals surface area contributed by atoms with Crippen LogP contribution in [0.3, 0.4) is 0 Å². The van der Waals surface area contributed by atoms with Gasteiger partial charge in [0.15, 0.2) is 5.96 Å². The van der Waals surface area contributed by atoms with Gasteiger partial charge in [-0.3, -0.25) is 4.79 Å². The summed E-state index contributed by atoms with van der Waals surface area (Å²) in [6, 6.07) is 0.322. The lowest BCUT2D eigenvalue weighted by Crippen LogP contribution is -2.45. The molecule has 2 N–H and O–H groups in total. The second-order valence-corrected chi connectivity index (χ2v) is 5.41. The van der Waals surface area contributed by atoms with Crippen molar-refractivity contribution in [1.29, 1.82) is 0 Å². The highest BCUT2D eigenvalue weighted by molar-refractivity contribution is 5.84. The minimum absolute atomic E-state index is 0.00814. The van der Waals surface area contributed by atoms with Gasteiger partial charge >= 0.3 is 0 Å². The molecule has 0 aromatic heterocycles. The van der Waals surface area contributed by atoms with Gasteiger partial charge in [0.25, 0.3) is 0 Å². The van der Waals surface area contributed by atoms with E-state index in [0.717, 1.165) is 25.3 Å². The topological polar surface area (TPSA) is 56.7 Å². The summed E-state index contributed by atoms with van der Waals surface area (Å²) in [6.07, 6.45) is 2.23. The summed E-state index contributed by atoms with van der Waals surface area (Å²) in [5.74, 6) is 1.25. The summed E-state index contributed by atoms with van der Waals surface area (Å²) in [4.78, 5) is 17.5. The smallest absolute Gasteiger partial charge is 0.243 e. The monoisotopic (exact) mass is 270 g/mol. The molecule has 1 amide bonds. The number of aliphatic imine (C=N–C) groups is 1. The summed E-state index contributed by atoms with van der Waals surface area (Å²) in [5.41, 5.74) is 0. The fourth-order valence-electron chi connectivity index (χ4n) is 1.21. The van der Waals surface area contributed by atoms with E-state index in [1.807, 2.05) is 0 Å². The Hall–Kier alpha value is -1.26. The normalized spacial score (nSPS) is 13.3. The highest BCUT2D eigenvalue weighted by Crippen LogP contribution is 1.99. The lowest BCUT2D eigenvalue weighted by molar-refractivity contribution is -0.127. The van der Waals surface area contributed by atoms with Crippen molar-refractivity contribution in [2.45, 2.75) is 46.6 Å². The Balaban J connectivity index is 4.47. The van der Waals surface area contributed by atoms with E-state index in [2.05, 4.69) is 43.3 Å². The molecule has 0 radical (unpaired) electrons. The molecule has 0 aromatic carbocycles. The van der Waals surface area contributed by atoms with Gasteiger partial charge in [-0.25, -0.2) is 4.99 Å². The molecule has 0 rings (SSSR count). The average molecular weight is 270 g/mol. The quantitative estimate of drug-likeness (QED) is 0.418. The summed E-state index contributed by atoms with van der Waals surface area (Å²) in [7, 11) is 3.48. The number of likely N-dealkylation sites (N-methyl/N-ethyl adjacent to an activating group) is 1. The van der Waals surface area contributed by atoms with E-state index >= 15 is 0 Å². The molecular weight excluding hydrogens is 240 g/mol. The molecule has 112 valence electrons. The summed E-state index contributed by atoms with van der Waals surface area (Å²) in [6.45, 7) is 9.65. The minimum atomic E-state index is 0.00814. The molecule has 0 aliphatic carbocycles. The maximum Gasteiger partial charge on any atom is 0.243 e. The molecule has 0 fully saturated rings. The van der Waals surface area contributed by atoms with Crippen LogP contribution in [-0.4, -0.2) is 50.0 Å². The van der Waals surface area contributed by atoms with Crippen LogP contribution >= 0.6 is 0 Å². The zero-order valence-electron chi connectivity index (χ0n) is 13.3. The average Bonchev–Trinajstić information content (AvgIpc) is 2.34. The van der Waals surface area contributed by atoms with Crippen molar-refractivity contribution in [2.75, 3.05) is 27.2 Å². The predicted octanol–water partition coefficient (Wildman–Crippen LogP) is 1.45. The van der Waals surface area contributed by atoms with Gasteiger partial charge in [0.2, 0.25) is 5.91 Å². The van der Waals surface area contributed by atoms with Gasteiger partial charge in [-0.15, -0.1) is 0 Å². The van der Waals surface area contributed by atoms with Gasteiger partial charge in [-0.05, 0) is 19.3 Å². The second kappa shape index (κ2) is 9.64. The fourth-order valence-corrected chi connectivity index (χ4v) is 1.21. The Morgan fingerprint density at radius 1 is 1.26 bits per heavy atom. The van der Waals surface area contributed by atoms with Crippen LogP contribution in [0.2, 0.25) is 0 Å². The first-order valence-electron chi connectivity index (χ1n) is 7.13. The molecule has 0 aliphatic rings. The highest BCUT2D eigenvalue weighted by Gasteiger charge is 2.10. The number of hydrogen-bond acceptors (Lipinski definition) is 2. The molecule has 1 unspecified atom stereocenters. The number of unbranched alkanes of at least 4 members (excludes halogenated alkanes) is 1. The Morgan fingerprint density at radius 3 is 2.37 bits per heavy atom. The van der Waals surface area contributed by atoms with E-state index < -0.39 is 0 Å². The Bertz CT molecular complexity index is 287. The molecule has 0 saturated heterocycles. The van der Waals surface area contributed by atoms with E-state index in [4.69, 9.17) is 0 Å². The first kappa shape index (κ1) is 17.7. The van der Waals surface area contributed by atoms with Crippen LogP contribution in [0.25, 0.3) is 0 Å². The van der Waals surface area contributed by atoms with Crippen LogP contribution in [0.5, 0.6) is 0 Å². The van der Waals surface area contributed by atoms with Crippen LogP contribution in [0.1, 0.15) is 40.5 Å². The van der Waals surface area contributed by atoms with Crippen molar-refractivity contribution in [2.24, 2.45) is 10.9 Å². The number of nitrogens with one attached hydrogen (secondary N) is 2. The maximum absolute atomic E-state index is 11.6. The zero-order chi connectivity index (χ0) is 14.8. The Morgan fingerprint density at radius 2 is 1.89 bits per heavy atom. The van der Waals surface area contributed by atoms with Gasteiger partial charge in [0.05, 0.1) is 0 Å². The molecule has 1 atom stereocenters. The lowest BCUT2D eigenvalue weighted by Gasteiger charge is -2.21. The summed E-state index contributed by atoms with van der Waals surface area (Å²) < 4.78 is 0. The summed E-state index contributed by atoms with van der Waals surface area (Å²) >= 11 is 0. The molecule has 5 nitrogen and oxygen atoms in total. The SMILES string of the molecule is CCCCNC(=NCC(=O)N(C)C)NC(C)C(C)C. The molecule has 0 saturated carbocycles. The van der Waals surface area contributed by atoms with Gasteiger partial charge in [-0.2, -0.15) is 0 Å². The number of rotatable bonds is 7. The second-order valence-electron chi connectivity index (χ2n) is 5.41. The fraction of sp³-hybridized carbons (Fsp3) is 0.857. The first-order chi connectivity index (χ1) is 8.88. The number of nitrogens with zero attached hydrogens (tertiary/aromatic N) is 2. The lowest BCUT2D eigenvalue weighted by atomic mass is 10.1. The number of carbonyl (C=O) groups excluding carboxylic acids is 1. The van der Waals surface area contributed by atoms with E-state index in [1.54, 1.807) is 19.0 Å². The minimum Gasteiger partial charge on any atom is -0.356 e. The molecular formula is C14H30N4O. The Labute approximate surface area is 117 Å². The molecule has 5 heteroatoms. The number of amides is 1. The molecule has 0 bridgehead atoms. The predicted molar refractivity (Wildman–Crippen MR) is 81.3 cm³/mol. The molecule has 0 aromatic rings. The van der Waals surface area contributed by atoms with Crippen molar-refractivity contribution in [3.63, 3.8) is 0 Å². The van der Waals surface area contributed by atoms with E-state index in [-0.39, 0.29) is 12.5 Å². The number of hydrogen-bond donors (Lipinski definition) is 2. The first-order valence-corrected chi connectivity index (χ1v) is 7.13. The van der Waals surface area contributed by atoms with Crippen molar-refractivity contribution in [3.8, 4) is 0 Å². The third kappa shape index (κ3) is 8.46. The standard InChI is InChI=1S/C14H30N4O/c1-7-8-9-15-14(17-12(4)11(2)3)16-10-13(19)18(5)6/h11-12H,7-10H2,1-6H3,(H2,15,16,17). The van der Waals surface area contributed by atoms with E-state index in [0.29, 0.717) is 12.0 Å². The van der Waals surface area contributed by atoms with E-state index in [9.17, 15) is 4.79 Å². The third-order valence-electron chi connectivity index (χ3n) is 3.06. The molecule has 0 heterocycles. The summed E-state index contributed by atoms with van der Waals surface area (Å²) in [5, 5.41) is 6.61. The van der Waals surface area contributed by atoms with Crippen LogP contribution in [-0.2, 0) is 4.79 Å². The van der Waals surface area contributed by atoms with Gasteiger partial charge in [0, 0.05) is 26.7 Å². The van der Waals surface area contributed by atoms with Gasteiger partial charge < -0.3 is 15.5 Å². The number of carbonyl (C=O) groups is 1. The van der Waals surface area contributed by atoms with Crippen molar-refractivity contribution < 1.29 is 4.79 Å². The van der Waals surface area contributed by atoms with Crippen LogP contribution in [0, 0.1) is 5.92 Å². The van der Waals surface area contributed by atoms with Crippen molar-refractivity contribution >= 4 is 11.9 Å². The zero-order valence-corrected chi connectivity index (χ0v) is 13.3.